The molecule has 0 radical (unpaired) electrons. The zero-order valence-corrected chi connectivity index (χ0v) is 22.0. The number of nitrogens with zero attached hydrogens (tertiary/aromatic N) is 2. The van der Waals surface area contributed by atoms with E-state index in [-0.39, 0.29) is 11.9 Å². The molecule has 1 aliphatic heterocycles. The lowest BCUT2D eigenvalue weighted by Crippen LogP contribution is -2.25. The second-order valence-electron chi connectivity index (χ2n) is 9.13. The highest BCUT2D eigenvalue weighted by molar-refractivity contribution is 6.07. The van der Waals surface area contributed by atoms with E-state index in [1.54, 1.807) is 37.5 Å². The number of benzene rings is 4. The predicted molar refractivity (Wildman–Crippen MR) is 157 cm³/mol. The monoisotopic (exact) mass is 528 g/mol. The van der Waals surface area contributed by atoms with Crippen LogP contribution >= 0.6 is 0 Å². The summed E-state index contributed by atoms with van der Waals surface area (Å²) in [6.07, 6.45) is 6.83. The van der Waals surface area contributed by atoms with Crippen LogP contribution in [0.1, 0.15) is 34.7 Å². The van der Waals surface area contributed by atoms with E-state index in [9.17, 15) is 9.59 Å². The SMILES string of the molecule is COc1ccc(C2=NN(C(=O)/C=C/c3ccccc3)[C@H](c3ccccc3)C2)c(OC(=O)/C=C/c2ccccc2)c1. The van der Waals surface area contributed by atoms with Gasteiger partial charge in [0.1, 0.15) is 11.5 Å². The fourth-order valence-electron chi connectivity index (χ4n) is 4.44. The van der Waals surface area contributed by atoms with Crippen molar-refractivity contribution in [1.29, 1.82) is 0 Å². The Kier molecular flexibility index (Phi) is 8.27. The van der Waals surface area contributed by atoms with Gasteiger partial charge in [-0.25, -0.2) is 9.80 Å². The number of hydrogen-bond acceptors (Lipinski definition) is 5. The first-order chi connectivity index (χ1) is 19.6. The quantitative estimate of drug-likeness (QED) is 0.145. The van der Waals surface area contributed by atoms with Gasteiger partial charge in [0.25, 0.3) is 5.91 Å². The lowest BCUT2D eigenvalue weighted by Gasteiger charge is -2.20. The number of amides is 1. The molecule has 40 heavy (non-hydrogen) atoms. The Labute approximate surface area is 233 Å². The molecule has 0 saturated carbocycles. The summed E-state index contributed by atoms with van der Waals surface area (Å²) in [4.78, 5) is 26.1. The molecule has 0 aromatic heterocycles. The molecule has 0 bridgehead atoms. The van der Waals surface area contributed by atoms with Crippen LogP contribution in [0.2, 0.25) is 0 Å². The summed E-state index contributed by atoms with van der Waals surface area (Å²) < 4.78 is 11.1. The minimum atomic E-state index is -0.532. The molecule has 0 spiro atoms. The van der Waals surface area contributed by atoms with Crippen LogP contribution in [0.25, 0.3) is 12.2 Å². The Hall–Kier alpha value is -5.23. The highest BCUT2D eigenvalue weighted by Gasteiger charge is 2.33. The van der Waals surface area contributed by atoms with Gasteiger partial charge in [0.15, 0.2) is 0 Å². The summed E-state index contributed by atoms with van der Waals surface area (Å²) in [5.74, 6) is 0.0677. The van der Waals surface area contributed by atoms with Gasteiger partial charge in [0, 0.05) is 30.2 Å². The van der Waals surface area contributed by atoms with Crippen LogP contribution in [-0.4, -0.2) is 29.7 Å². The van der Waals surface area contributed by atoms with Crippen LogP contribution in [0.4, 0.5) is 0 Å². The predicted octanol–water partition coefficient (Wildman–Crippen LogP) is 6.71. The molecular weight excluding hydrogens is 500 g/mol. The van der Waals surface area contributed by atoms with Gasteiger partial charge in [-0.15, -0.1) is 0 Å². The van der Waals surface area contributed by atoms with Gasteiger partial charge in [-0.05, 0) is 41.0 Å². The smallest absolute Gasteiger partial charge is 0.336 e. The molecular formula is C34H28N2O4. The van der Waals surface area contributed by atoms with Crippen LogP contribution in [0.3, 0.4) is 0 Å². The van der Waals surface area contributed by atoms with Crippen molar-refractivity contribution in [3.8, 4) is 11.5 Å². The number of esters is 1. The van der Waals surface area contributed by atoms with Crippen molar-refractivity contribution in [3.63, 3.8) is 0 Å². The fourth-order valence-corrected chi connectivity index (χ4v) is 4.44. The molecule has 1 aliphatic rings. The van der Waals surface area contributed by atoms with Crippen molar-refractivity contribution < 1.29 is 19.1 Å². The molecule has 1 amide bonds. The number of methoxy groups -OCH3 is 1. The third-order valence-electron chi connectivity index (χ3n) is 6.46. The van der Waals surface area contributed by atoms with Gasteiger partial charge in [0.2, 0.25) is 0 Å². The van der Waals surface area contributed by atoms with Gasteiger partial charge < -0.3 is 9.47 Å². The second-order valence-corrected chi connectivity index (χ2v) is 9.13. The summed E-state index contributed by atoms with van der Waals surface area (Å²) in [6, 6.07) is 33.8. The minimum Gasteiger partial charge on any atom is -0.497 e. The Balaban J connectivity index is 1.45. The third-order valence-corrected chi connectivity index (χ3v) is 6.46. The van der Waals surface area contributed by atoms with Crippen molar-refractivity contribution in [3.05, 3.63) is 144 Å². The molecule has 0 unspecified atom stereocenters. The van der Waals surface area contributed by atoms with Crippen LogP contribution < -0.4 is 9.47 Å². The lowest BCUT2D eigenvalue weighted by molar-refractivity contribution is -0.129. The van der Waals surface area contributed by atoms with E-state index < -0.39 is 5.97 Å². The van der Waals surface area contributed by atoms with E-state index in [0.717, 1.165) is 16.7 Å². The Morgan fingerprint density at radius 1 is 0.800 bits per heavy atom. The molecule has 6 heteroatoms. The van der Waals surface area contributed by atoms with Crippen molar-refractivity contribution in [2.24, 2.45) is 5.10 Å². The number of hydrogen-bond donors (Lipinski definition) is 0. The fraction of sp³-hybridized carbons (Fsp3) is 0.0882. The zero-order chi connectivity index (χ0) is 27.7. The molecule has 0 aliphatic carbocycles. The highest BCUT2D eigenvalue weighted by atomic mass is 16.5. The maximum atomic E-state index is 13.4. The molecule has 6 nitrogen and oxygen atoms in total. The molecule has 0 N–H and O–H groups in total. The molecule has 4 aromatic carbocycles. The molecule has 1 heterocycles. The second kappa shape index (κ2) is 12.5. The maximum Gasteiger partial charge on any atom is 0.336 e. The van der Waals surface area contributed by atoms with Gasteiger partial charge in [-0.1, -0.05) is 91.0 Å². The average Bonchev–Trinajstić information content (AvgIpc) is 3.46. The van der Waals surface area contributed by atoms with Crippen molar-refractivity contribution >= 4 is 29.7 Å². The van der Waals surface area contributed by atoms with Gasteiger partial charge in [-0.3, -0.25) is 4.79 Å². The molecule has 198 valence electrons. The van der Waals surface area contributed by atoms with E-state index in [1.807, 2.05) is 91.0 Å². The van der Waals surface area contributed by atoms with Crippen LogP contribution in [0.5, 0.6) is 11.5 Å². The number of hydrazone groups is 1. The zero-order valence-electron chi connectivity index (χ0n) is 22.0. The summed E-state index contributed by atoms with van der Waals surface area (Å²) >= 11 is 0. The first-order valence-electron chi connectivity index (χ1n) is 12.9. The Morgan fingerprint density at radius 3 is 2.02 bits per heavy atom. The first-order valence-corrected chi connectivity index (χ1v) is 12.9. The summed E-state index contributed by atoms with van der Waals surface area (Å²) in [5, 5.41) is 6.24. The summed E-state index contributed by atoms with van der Waals surface area (Å²) in [7, 11) is 1.55. The van der Waals surface area contributed by atoms with E-state index in [2.05, 4.69) is 0 Å². The standard InChI is InChI=1S/C34H28N2O4/c1-39-28-19-20-29(32(23-28)40-34(38)22-18-26-13-7-3-8-14-26)30-24-31(27-15-9-4-10-16-27)36(35-30)33(37)21-17-25-11-5-2-6-12-25/h2-23,31H,24H2,1H3/b21-17+,22-18+/t31-/m0/s1. The van der Waals surface area contributed by atoms with Crippen molar-refractivity contribution in [2.45, 2.75) is 12.5 Å². The van der Waals surface area contributed by atoms with Gasteiger partial charge in [0.05, 0.1) is 18.9 Å². The molecule has 4 aromatic rings. The normalized spacial score (nSPS) is 14.9. The molecule has 0 saturated heterocycles. The maximum absolute atomic E-state index is 13.4. The van der Waals surface area contributed by atoms with Crippen LogP contribution in [0.15, 0.2) is 126 Å². The molecule has 0 fully saturated rings. The first kappa shape index (κ1) is 26.4. The van der Waals surface area contributed by atoms with Crippen LogP contribution in [-0.2, 0) is 9.59 Å². The number of carbonyl (C=O) groups excluding carboxylic acids is 2. The lowest BCUT2D eigenvalue weighted by atomic mass is 9.98. The van der Waals surface area contributed by atoms with E-state index in [0.29, 0.717) is 29.2 Å². The molecule has 1 atom stereocenters. The van der Waals surface area contributed by atoms with E-state index in [1.165, 1.54) is 17.2 Å². The Morgan fingerprint density at radius 2 is 1.40 bits per heavy atom. The number of carbonyl (C=O) groups is 2. The summed E-state index contributed by atoms with van der Waals surface area (Å²) in [6.45, 7) is 0. The molecule has 5 rings (SSSR count). The average molecular weight is 529 g/mol. The van der Waals surface area contributed by atoms with E-state index in [4.69, 9.17) is 14.6 Å². The van der Waals surface area contributed by atoms with E-state index >= 15 is 0 Å². The van der Waals surface area contributed by atoms with Gasteiger partial charge in [-0.2, -0.15) is 5.10 Å². The van der Waals surface area contributed by atoms with Crippen molar-refractivity contribution in [1.82, 2.24) is 5.01 Å². The minimum absolute atomic E-state index is 0.245. The van der Waals surface area contributed by atoms with Gasteiger partial charge >= 0.3 is 5.97 Å². The Bertz CT molecular complexity index is 1560. The topological polar surface area (TPSA) is 68.2 Å². The number of ether oxygens (including phenoxy) is 2. The number of rotatable bonds is 8. The van der Waals surface area contributed by atoms with Crippen LogP contribution in [0, 0.1) is 0 Å². The largest absolute Gasteiger partial charge is 0.497 e. The summed E-state index contributed by atoms with van der Waals surface area (Å²) in [5.41, 5.74) is 4.01. The third kappa shape index (κ3) is 6.42. The highest BCUT2D eigenvalue weighted by Crippen LogP contribution is 2.36. The van der Waals surface area contributed by atoms with Crippen molar-refractivity contribution in [2.75, 3.05) is 7.11 Å².